The third-order valence-corrected chi connectivity index (χ3v) is 3.18. The standard InChI is InChI=1S/C14H20N4O2/c1-10-3-5-12(17-9-10)15-7-2-8-16-14(20)11-4-6-13(19)18-11/h3,5,9,11H,2,4,6-8H2,1H3,(H,15,17)(H,16,20)(H,18,19). The lowest BCUT2D eigenvalue weighted by Crippen LogP contribution is -2.42. The van der Waals surface area contributed by atoms with Crippen LogP contribution in [0.4, 0.5) is 5.82 Å². The van der Waals surface area contributed by atoms with Gasteiger partial charge in [-0.25, -0.2) is 4.98 Å². The van der Waals surface area contributed by atoms with Gasteiger partial charge in [-0.15, -0.1) is 0 Å². The molecule has 0 aliphatic carbocycles. The Hall–Kier alpha value is -2.11. The van der Waals surface area contributed by atoms with E-state index in [0.29, 0.717) is 19.4 Å². The van der Waals surface area contributed by atoms with Crippen molar-refractivity contribution in [1.82, 2.24) is 15.6 Å². The quantitative estimate of drug-likeness (QED) is 0.664. The number of carbonyl (C=O) groups excluding carboxylic acids is 2. The van der Waals surface area contributed by atoms with E-state index in [1.165, 1.54) is 0 Å². The molecule has 1 aliphatic rings. The molecule has 6 heteroatoms. The first kappa shape index (κ1) is 14.3. The Kier molecular flexibility index (Phi) is 4.92. The summed E-state index contributed by atoms with van der Waals surface area (Å²) in [4.78, 5) is 26.9. The molecule has 0 saturated carbocycles. The van der Waals surface area contributed by atoms with Gasteiger partial charge in [-0.05, 0) is 31.4 Å². The molecule has 0 radical (unpaired) electrons. The van der Waals surface area contributed by atoms with E-state index < -0.39 is 0 Å². The van der Waals surface area contributed by atoms with Crippen molar-refractivity contribution >= 4 is 17.6 Å². The number of anilines is 1. The van der Waals surface area contributed by atoms with E-state index in [0.717, 1.165) is 24.3 Å². The van der Waals surface area contributed by atoms with E-state index in [1.54, 1.807) is 0 Å². The van der Waals surface area contributed by atoms with Gasteiger partial charge in [0.15, 0.2) is 0 Å². The normalized spacial score (nSPS) is 17.6. The van der Waals surface area contributed by atoms with Crippen molar-refractivity contribution in [3.8, 4) is 0 Å². The van der Waals surface area contributed by atoms with E-state index in [2.05, 4.69) is 20.9 Å². The van der Waals surface area contributed by atoms with Crippen molar-refractivity contribution in [2.24, 2.45) is 0 Å². The number of aromatic nitrogens is 1. The van der Waals surface area contributed by atoms with E-state index in [4.69, 9.17) is 0 Å². The van der Waals surface area contributed by atoms with Crippen molar-refractivity contribution in [2.75, 3.05) is 18.4 Å². The third-order valence-electron chi connectivity index (χ3n) is 3.18. The van der Waals surface area contributed by atoms with Crippen molar-refractivity contribution in [1.29, 1.82) is 0 Å². The smallest absolute Gasteiger partial charge is 0.242 e. The first-order valence-electron chi connectivity index (χ1n) is 6.89. The van der Waals surface area contributed by atoms with Gasteiger partial charge in [0, 0.05) is 25.7 Å². The Morgan fingerprint density at radius 1 is 1.45 bits per heavy atom. The van der Waals surface area contributed by atoms with E-state index in [1.807, 2.05) is 25.3 Å². The Balaban J connectivity index is 1.58. The average molecular weight is 276 g/mol. The fourth-order valence-electron chi connectivity index (χ4n) is 2.02. The van der Waals surface area contributed by atoms with Crippen LogP contribution in [0, 0.1) is 6.92 Å². The van der Waals surface area contributed by atoms with Gasteiger partial charge in [-0.1, -0.05) is 6.07 Å². The summed E-state index contributed by atoms with van der Waals surface area (Å²) in [6, 6.07) is 3.58. The lowest BCUT2D eigenvalue weighted by atomic mass is 10.2. The minimum atomic E-state index is -0.353. The molecule has 1 saturated heterocycles. The highest BCUT2D eigenvalue weighted by Gasteiger charge is 2.26. The number of nitrogens with zero attached hydrogens (tertiary/aromatic N) is 1. The van der Waals surface area contributed by atoms with Crippen molar-refractivity contribution < 1.29 is 9.59 Å². The van der Waals surface area contributed by atoms with Crippen molar-refractivity contribution in [3.63, 3.8) is 0 Å². The van der Waals surface area contributed by atoms with Crippen LogP contribution in [0.25, 0.3) is 0 Å². The summed E-state index contributed by atoms with van der Waals surface area (Å²) in [6.07, 6.45) is 3.66. The number of hydrogen-bond acceptors (Lipinski definition) is 4. The molecule has 1 atom stereocenters. The summed E-state index contributed by atoms with van der Waals surface area (Å²) in [5.41, 5.74) is 1.13. The van der Waals surface area contributed by atoms with Gasteiger partial charge in [0.25, 0.3) is 0 Å². The molecule has 0 aromatic carbocycles. The number of pyridine rings is 1. The average Bonchev–Trinajstić information content (AvgIpc) is 2.87. The number of amides is 2. The van der Waals surface area contributed by atoms with Crippen LogP contribution in [-0.2, 0) is 9.59 Å². The number of nitrogens with one attached hydrogen (secondary N) is 3. The predicted octanol–water partition coefficient (Wildman–Crippen LogP) is 0.587. The molecular weight excluding hydrogens is 256 g/mol. The van der Waals surface area contributed by atoms with Crippen LogP contribution in [0.1, 0.15) is 24.8 Å². The molecule has 20 heavy (non-hydrogen) atoms. The molecule has 2 heterocycles. The van der Waals surface area contributed by atoms with Gasteiger partial charge >= 0.3 is 0 Å². The topological polar surface area (TPSA) is 83.1 Å². The van der Waals surface area contributed by atoms with Crippen LogP contribution in [0.2, 0.25) is 0 Å². The molecule has 2 amide bonds. The third kappa shape index (κ3) is 4.22. The monoisotopic (exact) mass is 276 g/mol. The van der Waals surface area contributed by atoms with Crippen LogP contribution >= 0.6 is 0 Å². The maximum Gasteiger partial charge on any atom is 0.242 e. The number of carbonyl (C=O) groups is 2. The van der Waals surface area contributed by atoms with Crippen LogP contribution in [0.5, 0.6) is 0 Å². The Labute approximate surface area is 118 Å². The lowest BCUT2D eigenvalue weighted by molar-refractivity contribution is -0.125. The molecular formula is C14H20N4O2. The zero-order valence-corrected chi connectivity index (χ0v) is 11.6. The maximum atomic E-state index is 11.7. The van der Waals surface area contributed by atoms with E-state index in [-0.39, 0.29) is 17.9 Å². The largest absolute Gasteiger partial charge is 0.370 e. The highest BCUT2D eigenvalue weighted by molar-refractivity contribution is 5.90. The van der Waals surface area contributed by atoms with Crippen molar-refractivity contribution in [3.05, 3.63) is 23.9 Å². The molecule has 1 aliphatic heterocycles. The van der Waals surface area contributed by atoms with Gasteiger partial charge in [0.1, 0.15) is 11.9 Å². The second-order valence-corrected chi connectivity index (χ2v) is 4.95. The molecule has 1 fully saturated rings. The van der Waals surface area contributed by atoms with E-state index in [9.17, 15) is 9.59 Å². The van der Waals surface area contributed by atoms with Gasteiger partial charge in [-0.2, -0.15) is 0 Å². The Bertz CT molecular complexity index is 473. The first-order valence-corrected chi connectivity index (χ1v) is 6.89. The molecule has 2 rings (SSSR count). The van der Waals surface area contributed by atoms with Crippen LogP contribution < -0.4 is 16.0 Å². The highest BCUT2D eigenvalue weighted by atomic mass is 16.2. The lowest BCUT2D eigenvalue weighted by Gasteiger charge is -2.11. The molecule has 1 aromatic heterocycles. The number of rotatable bonds is 6. The second kappa shape index (κ2) is 6.88. The molecule has 1 unspecified atom stereocenters. The number of aryl methyl sites for hydroxylation is 1. The summed E-state index contributed by atoms with van der Waals surface area (Å²) < 4.78 is 0. The molecule has 1 aromatic rings. The van der Waals surface area contributed by atoms with Crippen LogP contribution in [-0.4, -0.2) is 35.9 Å². The van der Waals surface area contributed by atoms with Crippen molar-refractivity contribution in [2.45, 2.75) is 32.2 Å². The summed E-state index contributed by atoms with van der Waals surface area (Å²) in [5.74, 6) is 0.701. The van der Waals surface area contributed by atoms with Gasteiger partial charge < -0.3 is 16.0 Å². The summed E-state index contributed by atoms with van der Waals surface area (Å²) in [5, 5.41) is 8.67. The SMILES string of the molecule is Cc1ccc(NCCCNC(=O)C2CCC(=O)N2)nc1. The second-order valence-electron chi connectivity index (χ2n) is 4.95. The zero-order chi connectivity index (χ0) is 14.4. The highest BCUT2D eigenvalue weighted by Crippen LogP contribution is 2.06. The minimum absolute atomic E-state index is 0.0442. The Morgan fingerprint density at radius 2 is 2.30 bits per heavy atom. The summed E-state index contributed by atoms with van der Waals surface area (Å²) >= 11 is 0. The summed E-state index contributed by atoms with van der Waals surface area (Å²) in [7, 11) is 0. The fourth-order valence-corrected chi connectivity index (χ4v) is 2.02. The van der Waals surface area contributed by atoms with Gasteiger partial charge in [0.05, 0.1) is 0 Å². The molecule has 0 spiro atoms. The fraction of sp³-hybridized carbons (Fsp3) is 0.500. The van der Waals surface area contributed by atoms with Crippen LogP contribution in [0.15, 0.2) is 18.3 Å². The molecule has 6 nitrogen and oxygen atoms in total. The molecule has 3 N–H and O–H groups in total. The zero-order valence-electron chi connectivity index (χ0n) is 11.6. The van der Waals surface area contributed by atoms with Crippen LogP contribution in [0.3, 0.4) is 0 Å². The maximum absolute atomic E-state index is 11.7. The Morgan fingerprint density at radius 3 is 2.95 bits per heavy atom. The predicted molar refractivity (Wildman–Crippen MR) is 76.3 cm³/mol. The number of hydrogen-bond donors (Lipinski definition) is 3. The molecule has 0 bridgehead atoms. The first-order chi connectivity index (χ1) is 9.65. The molecule has 108 valence electrons. The van der Waals surface area contributed by atoms with Gasteiger partial charge in [-0.3, -0.25) is 9.59 Å². The summed E-state index contributed by atoms with van der Waals surface area (Å²) in [6.45, 7) is 3.32. The van der Waals surface area contributed by atoms with E-state index >= 15 is 0 Å². The minimum Gasteiger partial charge on any atom is -0.370 e. The van der Waals surface area contributed by atoms with Gasteiger partial charge in [0.2, 0.25) is 11.8 Å².